The Hall–Kier alpha value is -2.76. The van der Waals surface area contributed by atoms with Gasteiger partial charge in [0.25, 0.3) is 5.91 Å². The van der Waals surface area contributed by atoms with Crippen LogP contribution >= 0.6 is 15.9 Å². The molecule has 9 nitrogen and oxygen atoms in total. The molecule has 0 bridgehead atoms. The summed E-state index contributed by atoms with van der Waals surface area (Å²) >= 11 is 3.19. The van der Waals surface area contributed by atoms with Crippen LogP contribution in [0.3, 0.4) is 0 Å². The summed E-state index contributed by atoms with van der Waals surface area (Å²) in [6.07, 6.45) is 0. The molecule has 0 aliphatic heterocycles. The largest absolute Gasteiger partial charge is 0.478 e. The minimum absolute atomic E-state index is 0.00539. The molecule has 11 heteroatoms. The molecular weight excluding hydrogens is 478 g/mol. The number of aromatic carboxylic acids is 1. The molecule has 1 aromatic heterocycles. The van der Waals surface area contributed by atoms with Crippen LogP contribution in [0.25, 0.3) is 11.0 Å². The number of carboxylic acid groups (broad SMARTS) is 1. The molecule has 30 heavy (non-hydrogen) atoms. The number of nitrogens with zero attached hydrogens (tertiary/aromatic N) is 2. The predicted octanol–water partition coefficient (Wildman–Crippen LogP) is 3.57. The summed E-state index contributed by atoms with van der Waals surface area (Å²) < 4.78 is 32.6. The fourth-order valence-electron chi connectivity index (χ4n) is 2.94. The number of aromatic nitrogens is 1. The maximum atomic E-state index is 12.8. The molecule has 0 unspecified atom stereocenters. The number of anilines is 1. The van der Waals surface area contributed by atoms with E-state index < -0.39 is 21.9 Å². The fraction of sp³-hybridized carbons (Fsp3) is 0.211. The minimum Gasteiger partial charge on any atom is -0.478 e. The zero-order valence-electron chi connectivity index (χ0n) is 16.0. The second-order valence-corrected chi connectivity index (χ2v) is 9.08. The van der Waals surface area contributed by atoms with E-state index in [0.717, 1.165) is 0 Å². The standard InChI is InChI=1S/C19H18BrN3O6S/c1-3-23(4-2)30(27,28)12-6-8-16-14(10-12)17(22-29-16)18(24)21-15-7-5-11(20)9-13(15)19(25)26/h5-10H,3-4H2,1-2H3,(H,21,24)(H,25,26). The van der Waals surface area contributed by atoms with Crippen molar-refractivity contribution >= 4 is 54.5 Å². The Morgan fingerprint density at radius 3 is 2.50 bits per heavy atom. The molecule has 2 N–H and O–H groups in total. The molecule has 0 aliphatic rings. The van der Waals surface area contributed by atoms with Crippen LogP contribution in [0.2, 0.25) is 0 Å². The lowest BCUT2D eigenvalue weighted by Gasteiger charge is -2.18. The Morgan fingerprint density at radius 2 is 1.87 bits per heavy atom. The Labute approximate surface area is 180 Å². The lowest BCUT2D eigenvalue weighted by Crippen LogP contribution is -2.30. The number of halogens is 1. The summed E-state index contributed by atoms with van der Waals surface area (Å²) in [7, 11) is -3.75. The van der Waals surface area contributed by atoms with Crippen LogP contribution in [0.4, 0.5) is 5.69 Å². The molecule has 2 aromatic carbocycles. The van der Waals surface area contributed by atoms with Crippen LogP contribution < -0.4 is 5.32 Å². The van der Waals surface area contributed by atoms with Crippen molar-refractivity contribution in [2.75, 3.05) is 18.4 Å². The number of carbonyl (C=O) groups excluding carboxylic acids is 1. The number of hydrogen-bond donors (Lipinski definition) is 2. The third-order valence-electron chi connectivity index (χ3n) is 4.46. The van der Waals surface area contributed by atoms with Gasteiger partial charge in [-0.15, -0.1) is 0 Å². The number of hydrogen-bond acceptors (Lipinski definition) is 6. The second kappa shape index (κ2) is 8.54. The number of nitrogens with one attached hydrogen (secondary N) is 1. The maximum Gasteiger partial charge on any atom is 0.337 e. The van der Waals surface area contributed by atoms with E-state index in [9.17, 15) is 23.1 Å². The van der Waals surface area contributed by atoms with E-state index in [0.29, 0.717) is 17.6 Å². The first-order valence-corrected chi connectivity index (χ1v) is 11.2. The highest BCUT2D eigenvalue weighted by atomic mass is 79.9. The van der Waals surface area contributed by atoms with Gasteiger partial charge in [0, 0.05) is 17.6 Å². The van der Waals surface area contributed by atoms with Gasteiger partial charge in [-0.3, -0.25) is 4.79 Å². The van der Waals surface area contributed by atoms with Gasteiger partial charge in [0.2, 0.25) is 10.0 Å². The van der Waals surface area contributed by atoms with Gasteiger partial charge < -0.3 is 14.9 Å². The SMILES string of the molecule is CCN(CC)S(=O)(=O)c1ccc2onc(C(=O)Nc3ccc(Br)cc3C(=O)O)c2c1. The molecular formula is C19H18BrN3O6S. The minimum atomic E-state index is -3.75. The maximum absolute atomic E-state index is 12.8. The molecule has 0 fully saturated rings. The molecule has 3 aromatic rings. The number of fused-ring (bicyclic) bond motifs is 1. The van der Waals surface area contributed by atoms with Crippen LogP contribution in [0, 0.1) is 0 Å². The van der Waals surface area contributed by atoms with Gasteiger partial charge >= 0.3 is 5.97 Å². The lowest BCUT2D eigenvalue weighted by atomic mass is 10.1. The summed E-state index contributed by atoms with van der Waals surface area (Å²) in [5.74, 6) is -1.94. The van der Waals surface area contributed by atoms with Crippen molar-refractivity contribution < 1.29 is 27.6 Å². The van der Waals surface area contributed by atoms with Crippen LogP contribution in [-0.2, 0) is 10.0 Å². The monoisotopic (exact) mass is 495 g/mol. The van der Waals surface area contributed by atoms with Gasteiger partial charge in [-0.1, -0.05) is 34.9 Å². The second-order valence-electron chi connectivity index (χ2n) is 6.23. The topological polar surface area (TPSA) is 130 Å². The van der Waals surface area contributed by atoms with Crippen LogP contribution in [-0.4, -0.2) is 48.0 Å². The smallest absolute Gasteiger partial charge is 0.337 e. The highest BCUT2D eigenvalue weighted by Gasteiger charge is 2.25. The van der Waals surface area contributed by atoms with Crippen LogP contribution in [0.5, 0.6) is 0 Å². The number of rotatable bonds is 7. The molecule has 1 heterocycles. The fourth-order valence-corrected chi connectivity index (χ4v) is 4.78. The number of benzene rings is 2. The normalized spacial score (nSPS) is 11.7. The van der Waals surface area contributed by atoms with E-state index in [1.165, 1.54) is 34.6 Å². The first-order valence-electron chi connectivity index (χ1n) is 8.92. The molecule has 0 spiro atoms. The first-order chi connectivity index (χ1) is 14.2. The number of carbonyl (C=O) groups is 2. The van der Waals surface area contributed by atoms with Gasteiger partial charge in [0.05, 0.1) is 21.5 Å². The van der Waals surface area contributed by atoms with E-state index in [1.54, 1.807) is 19.9 Å². The highest BCUT2D eigenvalue weighted by Crippen LogP contribution is 2.26. The summed E-state index contributed by atoms with van der Waals surface area (Å²) in [4.78, 5) is 24.2. The van der Waals surface area contributed by atoms with Crippen molar-refractivity contribution in [1.82, 2.24) is 9.46 Å². The molecule has 0 saturated carbocycles. The van der Waals surface area contributed by atoms with Crippen molar-refractivity contribution in [3.8, 4) is 0 Å². The van der Waals surface area contributed by atoms with E-state index >= 15 is 0 Å². The zero-order valence-corrected chi connectivity index (χ0v) is 18.4. The Bertz CT molecular complexity index is 1230. The van der Waals surface area contributed by atoms with Gasteiger partial charge in [0.15, 0.2) is 11.3 Å². The van der Waals surface area contributed by atoms with Gasteiger partial charge in [-0.2, -0.15) is 4.31 Å². The molecule has 158 valence electrons. The third kappa shape index (κ3) is 4.09. The molecule has 1 amide bonds. The van der Waals surface area contributed by atoms with Crippen molar-refractivity contribution in [3.63, 3.8) is 0 Å². The summed E-state index contributed by atoms with van der Waals surface area (Å²) in [6.45, 7) is 4.07. The third-order valence-corrected chi connectivity index (χ3v) is 7.00. The van der Waals surface area contributed by atoms with Crippen molar-refractivity contribution in [2.24, 2.45) is 0 Å². The lowest BCUT2D eigenvalue weighted by molar-refractivity contribution is 0.0698. The quantitative estimate of drug-likeness (QED) is 0.512. The summed E-state index contributed by atoms with van der Waals surface area (Å²) in [6, 6.07) is 8.52. The molecule has 0 saturated heterocycles. The number of sulfonamides is 1. The van der Waals surface area contributed by atoms with Gasteiger partial charge in [-0.25, -0.2) is 13.2 Å². The number of carboxylic acids is 1. The molecule has 0 aliphatic carbocycles. The first kappa shape index (κ1) is 21.9. The predicted molar refractivity (Wildman–Crippen MR) is 113 cm³/mol. The van der Waals surface area contributed by atoms with Crippen LogP contribution in [0.15, 0.2) is 50.3 Å². The highest BCUT2D eigenvalue weighted by molar-refractivity contribution is 9.10. The van der Waals surface area contributed by atoms with Gasteiger partial charge in [0.1, 0.15) is 0 Å². The Kier molecular flexibility index (Phi) is 6.25. The number of amides is 1. The van der Waals surface area contributed by atoms with Crippen molar-refractivity contribution in [1.29, 1.82) is 0 Å². The van der Waals surface area contributed by atoms with Gasteiger partial charge in [-0.05, 0) is 36.4 Å². The average Bonchev–Trinajstić information content (AvgIpc) is 3.13. The van der Waals surface area contributed by atoms with Crippen molar-refractivity contribution in [2.45, 2.75) is 18.7 Å². The summed E-state index contributed by atoms with van der Waals surface area (Å²) in [5.41, 5.74) is 0.0304. The Balaban J connectivity index is 2.01. The average molecular weight is 496 g/mol. The Morgan fingerprint density at radius 1 is 1.17 bits per heavy atom. The van der Waals surface area contributed by atoms with Crippen LogP contribution in [0.1, 0.15) is 34.7 Å². The van der Waals surface area contributed by atoms with E-state index in [4.69, 9.17) is 4.52 Å². The van der Waals surface area contributed by atoms with E-state index in [2.05, 4.69) is 26.4 Å². The zero-order chi connectivity index (χ0) is 22.1. The molecule has 0 radical (unpaired) electrons. The van der Waals surface area contributed by atoms with E-state index in [1.807, 2.05) is 0 Å². The summed E-state index contributed by atoms with van der Waals surface area (Å²) in [5, 5.41) is 15.8. The molecule has 0 atom stereocenters. The van der Waals surface area contributed by atoms with E-state index in [-0.39, 0.29) is 32.8 Å². The van der Waals surface area contributed by atoms with Crippen molar-refractivity contribution in [3.05, 3.63) is 52.1 Å². The molecule has 3 rings (SSSR count).